The number of thioether (sulfide) groups is 1. The number of nitrogens with zero attached hydrogens (tertiary/aromatic N) is 1. The van der Waals surface area contributed by atoms with Crippen molar-refractivity contribution >= 4 is 23.3 Å². The van der Waals surface area contributed by atoms with Crippen LogP contribution in [0, 0.1) is 28.6 Å². The van der Waals surface area contributed by atoms with Crippen molar-refractivity contribution in [3.05, 3.63) is 84.5 Å². The van der Waals surface area contributed by atoms with E-state index in [1.54, 1.807) is 12.2 Å². The van der Waals surface area contributed by atoms with Crippen molar-refractivity contribution in [3.8, 4) is 22.6 Å². The molecule has 0 spiro atoms. The van der Waals surface area contributed by atoms with Crippen molar-refractivity contribution in [2.24, 2.45) is 28.6 Å². The fourth-order valence-electron chi connectivity index (χ4n) is 10.2. The zero-order chi connectivity index (χ0) is 33.3. The second kappa shape index (κ2) is 11.9. The van der Waals surface area contributed by atoms with Crippen LogP contribution in [0.2, 0.25) is 0 Å². The molecule has 4 aliphatic carbocycles. The minimum absolute atomic E-state index is 0.0232. The number of fused-ring (bicyclic) bond motifs is 7. The minimum atomic E-state index is -1.18. The van der Waals surface area contributed by atoms with Crippen LogP contribution >= 0.6 is 11.8 Å². The van der Waals surface area contributed by atoms with Gasteiger partial charge < -0.3 is 19.0 Å². The Morgan fingerprint density at radius 2 is 1.79 bits per heavy atom. The van der Waals surface area contributed by atoms with E-state index in [2.05, 4.69) is 20.8 Å². The van der Waals surface area contributed by atoms with Gasteiger partial charge in [0, 0.05) is 27.9 Å². The fraction of sp³-hybridized carbons (Fsp3) is 0.475. The Bertz CT molecular complexity index is 1730. The van der Waals surface area contributed by atoms with Gasteiger partial charge >= 0.3 is 0 Å². The summed E-state index contributed by atoms with van der Waals surface area (Å²) < 4.78 is 19.9. The summed E-state index contributed by atoms with van der Waals surface area (Å²) in [5.41, 5.74) is 1.54. The van der Waals surface area contributed by atoms with Gasteiger partial charge in [-0.25, -0.2) is 4.98 Å². The zero-order valence-corrected chi connectivity index (χ0v) is 28.6. The van der Waals surface area contributed by atoms with Gasteiger partial charge in [-0.1, -0.05) is 111 Å². The average Bonchev–Trinajstić information content (AvgIpc) is 3.75. The molecule has 1 aliphatic heterocycles. The van der Waals surface area contributed by atoms with E-state index < -0.39 is 23.4 Å². The van der Waals surface area contributed by atoms with Crippen LogP contribution in [-0.2, 0) is 19.1 Å². The van der Waals surface area contributed by atoms with Crippen molar-refractivity contribution in [1.29, 1.82) is 0 Å². The maximum Gasteiger partial charge on any atom is 0.257 e. The van der Waals surface area contributed by atoms with Crippen LogP contribution in [0.15, 0.2) is 94.1 Å². The highest BCUT2D eigenvalue weighted by molar-refractivity contribution is 7.99. The summed E-state index contributed by atoms with van der Waals surface area (Å²) in [7, 11) is 0. The highest BCUT2D eigenvalue weighted by Crippen LogP contribution is 2.70. The molecule has 0 radical (unpaired) electrons. The zero-order valence-electron chi connectivity index (χ0n) is 27.8. The monoisotopic (exact) mass is 665 g/mol. The van der Waals surface area contributed by atoms with Gasteiger partial charge in [-0.05, 0) is 56.1 Å². The molecule has 0 bridgehead atoms. The number of rotatable bonds is 8. The van der Waals surface area contributed by atoms with E-state index in [1.165, 1.54) is 11.8 Å². The summed E-state index contributed by atoms with van der Waals surface area (Å²) in [4.78, 5) is 32.0. The number of ether oxygens (including phenoxy) is 2. The molecule has 1 saturated heterocycles. The number of benzene rings is 2. The number of carbonyl (C=O) groups excluding carboxylic acids is 2. The van der Waals surface area contributed by atoms with Crippen molar-refractivity contribution in [1.82, 2.24) is 4.98 Å². The predicted octanol–water partition coefficient (Wildman–Crippen LogP) is 7.84. The highest BCUT2D eigenvalue weighted by Gasteiger charge is 2.75. The van der Waals surface area contributed by atoms with Crippen LogP contribution in [0.5, 0.6) is 0 Å². The molecule has 7 nitrogen and oxygen atoms in total. The van der Waals surface area contributed by atoms with Crippen molar-refractivity contribution in [2.45, 2.75) is 88.6 Å². The van der Waals surface area contributed by atoms with Gasteiger partial charge in [0.1, 0.15) is 5.69 Å². The first-order valence-electron chi connectivity index (χ1n) is 17.4. The Balaban J connectivity index is 1.11. The van der Waals surface area contributed by atoms with E-state index in [4.69, 9.17) is 18.9 Å². The number of oxazole rings is 1. The minimum Gasteiger partial charge on any atom is -0.431 e. The molecule has 3 saturated carbocycles. The first-order chi connectivity index (χ1) is 23.2. The molecule has 2 aromatic carbocycles. The van der Waals surface area contributed by atoms with Crippen LogP contribution in [0.1, 0.15) is 59.3 Å². The lowest BCUT2D eigenvalue weighted by molar-refractivity contribution is -0.197. The molecular formula is C40H43NO6S. The molecule has 0 amide bonds. The Morgan fingerprint density at radius 3 is 2.52 bits per heavy atom. The SMILES string of the molecule is CCC[C@@H]1O[C@H]2CC3C4CCC5=CC(=O)C=CC5(C)C4[C@@H](O)CC3(C)[C@]2(C(=O)CSc2nc(-c3ccccc3)c(-c3ccccc3)o2)O1. The molecule has 5 unspecified atom stereocenters. The summed E-state index contributed by atoms with van der Waals surface area (Å²) in [5, 5.41) is 12.5. The van der Waals surface area contributed by atoms with Crippen LogP contribution in [0.4, 0.5) is 0 Å². The summed E-state index contributed by atoms with van der Waals surface area (Å²) in [6.45, 7) is 6.43. The van der Waals surface area contributed by atoms with Crippen molar-refractivity contribution in [3.63, 3.8) is 0 Å². The molecule has 2 heterocycles. The molecule has 5 aliphatic rings. The summed E-state index contributed by atoms with van der Waals surface area (Å²) in [6.07, 6.45) is 8.39. The topological polar surface area (TPSA) is 98.9 Å². The largest absolute Gasteiger partial charge is 0.431 e. The Morgan fingerprint density at radius 1 is 1.06 bits per heavy atom. The number of aliphatic hydroxyl groups excluding tert-OH is 1. The molecule has 1 aromatic heterocycles. The lowest BCUT2D eigenvalue weighted by atomic mass is 9.46. The number of hydrogen-bond donors (Lipinski definition) is 1. The Hall–Kier alpha value is -3.30. The Kier molecular flexibility index (Phi) is 7.94. The number of allylic oxidation sites excluding steroid dienone is 4. The molecule has 8 heteroatoms. The summed E-state index contributed by atoms with van der Waals surface area (Å²) >= 11 is 1.30. The average molecular weight is 666 g/mol. The van der Waals surface area contributed by atoms with Crippen LogP contribution in [-0.4, -0.2) is 51.5 Å². The first kappa shape index (κ1) is 31.9. The van der Waals surface area contributed by atoms with Crippen molar-refractivity contribution < 1.29 is 28.6 Å². The number of aliphatic hydroxyl groups is 1. The van der Waals surface area contributed by atoms with Crippen LogP contribution in [0.25, 0.3) is 22.6 Å². The first-order valence-corrected chi connectivity index (χ1v) is 18.4. The van der Waals surface area contributed by atoms with Gasteiger partial charge in [0.25, 0.3) is 5.22 Å². The second-order valence-corrected chi connectivity index (χ2v) is 15.7. The summed E-state index contributed by atoms with van der Waals surface area (Å²) in [5.74, 6) is 1.05. The number of carbonyl (C=O) groups is 2. The van der Waals surface area contributed by atoms with Gasteiger partial charge in [0.15, 0.2) is 29.2 Å². The molecule has 3 aromatic rings. The van der Waals surface area contributed by atoms with E-state index in [1.807, 2.05) is 66.7 Å². The second-order valence-electron chi connectivity index (χ2n) is 14.7. The van der Waals surface area contributed by atoms with Gasteiger partial charge in [0.2, 0.25) is 0 Å². The third-order valence-corrected chi connectivity index (χ3v) is 13.1. The number of Topliss-reactive ketones (excluding diaryl/α,β-unsaturated/α-hetero) is 1. The fourth-order valence-corrected chi connectivity index (χ4v) is 10.9. The van der Waals surface area contributed by atoms with Gasteiger partial charge in [-0.15, -0.1) is 0 Å². The summed E-state index contributed by atoms with van der Waals surface area (Å²) in [6, 6.07) is 19.9. The third kappa shape index (κ3) is 4.77. The number of aromatic nitrogens is 1. The highest BCUT2D eigenvalue weighted by atomic mass is 32.2. The maximum absolute atomic E-state index is 14.8. The molecular weight excluding hydrogens is 623 g/mol. The lowest BCUT2D eigenvalue weighted by Crippen LogP contribution is -2.63. The third-order valence-electron chi connectivity index (χ3n) is 12.2. The van der Waals surface area contributed by atoms with E-state index in [0.717, 1.165) is 41.7 Å². The molecule has 4 fully saturated rings. The normalized spacial score (nSPS) is 36.6. The van der Waals surface area contributed by atoms with Crippen molar-refractivity contribution in [2.75, 3.05) is 5.75 Å². The number of ketones is 2. The molecule has 1 N–H and O–H groups in total. The predicted molar refractivity (Wildman–Crippen MR) is 184 cm³/mol. The van der Waals surface area contributed by atoms with E-state index >= 15 is 0 Å². The van der Waals surface area contributed by atoms with Gasteiger partial charge in [0.05, 0.1) is 18.0 Å². The van der Waals surface area contributed by atoms with Gasteiger partial charge in [-0.3, -0.25) is 9.59 Å². The molecule has 8 rings (SSSR count). The molecule has 48 heavy (non-hydrogen) atoms. The van der Waals surface area contributed by atoms with Gasteiger partial charge in [-0.2, -0.15) is 0 Å². The molecule has 9 atom stereocenters. The number of hydrogen-bond acceptors (Lipinski definition) is 8. The Labute approximate surface area is 286 Å². The van der Waals surface area contributed by atoms with Crippen LogP contribution in [0.3, 0.4) is 0 Å². The standard InChI is InChI=1S/C40H43NO6S/c1-4-11-33-45-32-21-29-28-17-16-26-20-27(42)18-19-38(26,2)34(28)30(43)22-39(29,3)40(32,47-33)31(44)23-48-37-41-35(24-12-7-5-8-13-24)36(46-37)25-14-9-6-10-15-25/h5-10,12-15,18-20,28-30,32-34,43H,4,11,16-17,21-23H2,1-3H3/t28?,29?,30-,32-,33+,34?,38?,39?,40+/m0/s1. The smallest absolute Gasteiger partial charge is 0.257 e. The van der Waals surface area contributed by atoms with E-state index in [9.17, 15) is 14.7 Å². The lowest BCUT2D eigenvalue weighted by Gasteiger charge is -2.59. The quantitative estimate of drug-likeness (QED) is 0.243. The maximum atomic E-state index is 14.8. The van der Waals surface area contributed by atoms with E-state index in [0.29, 0.717) is 30.2 Å². The van der Waals surface area contributed by atoms with E-state index in [-0.39, 0.29) is 46.6 Å². The molecule has 250 valence electrons. The van der Waals surface area contributed by atoms with Crippen LogP contribution < -0.4 is 0 Å².